The summed E-state index contributed by atoms with van der Waals surface area (Å²) < 4.78 is 4.96. The van der Waals surface area contributed by atoms with Crippen molar-refractivity contribution in [2.24, 2.45) is 0 Å². The van der Waals surface area contributed by atoms with Crippen molar-refractivity contribution in [3.63, 3.8) is 0 Å². The lowest BCUT2D eigenvalue weighted by molar-refractivity contribution is 0.102. The van der Waals surface area contributed by atoms with Gasteiger partial charge < -0.3 is 9.84 Å². The standard InChI is InChI=1S/C11H14N4O2/c1-4-8-5-12-14-10(8)13-11(16)9-6(2)15-17-7(9)3/h5H,4H2,1-3H3,(H2,12,13,14,16). The molecule has 2 aromatic heterocycles. The predicted molar refractivity (Wildman–Crippen MR) is 61.9 cm³/mol. The molecule has 2 aromatic rings. The third-order valence-electron chi connectivity index (χ3n) is 2.60. The molecule has 2 heterocycles. The smallest absolute Gasteiger partial charge is 0.262 e. The van der Waals surface area contributed by atoms with Gasteiger partial charge in [0.05, 0.1) is 11.9 Å². The van der Waals surface area contributed by atoms with Crippen LogP contribution in [0.5, 0.6) is 0 Å². The molecule has 0 aliphatic heterocycles. The Balaban J connectivity index is 2.23. The third-order valence-corrected chi connectivity index (χ3v) is 2.60. The van der Waals surface area contributed by atoms with E-state index in [2.05, 4.69) is 20.7 Å². The highest BCUT2D eigenvalue weighted by Gasteiger charge is 2.18. The first-order chi connectivity index (χ1) is 8.13. The van der Waals surface area contributed by atoms with E-state index in [9.17, 15) is 4.79 Å². The number of carbonyl (C=O) groups is 1. The Bertz CT molecular complexity index is 522. The van der Waals surface area contributed by atoms with E-state index >= 15 is 0 Å². The lowest BCUT2D eigenvalue weighted by Gasteiger charge is -2.03. The molecular weight excluding hydrogens is 220 g/mol. The number of anilines is 1. The summed E-state index contributed by atoms with van der Waals surface area (Å²) in [6, 6.07) is 0. The van der Waals surface area contributed by atoms with Crippen LogP contribution < -0.4 is 5.32 Å². The van der Waals surface area contributed by atoms with Crippen molar-refractivity contribution in [2.75, 3.05) is 5.32 Å². The fourth-order valence-electron chi connectivity index (χ4n) is 1.67. The Labute approximate surface area is 98.4 Å². The summed E-state index contributed by atoms with van der Waals surface area (Å²) in [6.45, 7) is 5.44. The van der Waals surface area contributed by atoms with Crippen molar-refractivity contribution in [1.82, 2.24) is 15.4 Å². The maximum Gasteiger partial charge on any atom is 0.262 e. The van der Waals surface area contributed by atoms with Crippen LogP contribution in [0.25, 0.3) is 0 Å². The van der Waals surface area contributed by atoms with Gasteiger partial charge in [-0.3, -0.25) is 9.89 Å². The minimum atomic E-state index is -0.236. The maximum absolute atomic E-state index is 12.0. The van der Waals surface area contributed by atoms with Gasteiger partial charge in [-0.1, -0.05) is 12.1 Å². The van der Waals surface area contributed by atoms with Crippen molar-refractivity contribution in [3.05, 3.63) is 28.8 Å². The van der Waals surface area contributed by atoms with Crippen molar-refractivity contribution in [1.29, 1.82) is 0 Å². The van der Waals surface area contributed by atoms with Crippen molar-refractivity contribution >= 4 is 11.7 Å². The summed E-state index contributed by atoms with van der Waals surface area (Å²) in [5.41, 5.74) is 2.02. The first-order valence-corrected chi connectivity index (χ1v) is 5.40. The second-order valence-corrected chi connectivity index (χ2v) is 3.78. The minimum Gasteiger partial charge on any atom is -0.361 e. The average Bonchev–Trinajstić information content (AvgIpc) is 2.85. The van der Waals surface area contributed by atoms with Crippen molar-refractivity contribution < 1.29 is 9.32 Å². The normalized spacial score (nSPS) is 10.5. The van der Waals surface area contributed by atoms with Crippen LogP contribution in [0.4, 0.5) is 5.82 Å². The molecule has 0 saturated heterocycles. The van der Waals surface area contributed by atoms with Gasteiger partial charge in [-0.05, 0) is 20.3 Å². The van der Waals surface area contributed by atoms with Gasteiger partial charge in [0.2, 0.25) is 0 Å². The zero-order valence-electron chi connectivity index (χ0n) is 10.00. The van der Waals surface area contributed by atoms with Gasteiger partial charge in [-0.25, -0.2) is 0 Å². The summed E-state index contributed by atoms with van der Waals surface area (Å²) >= 11 is 0. The number of rotatable bonds is 3. The summed E-state index contributed by atoms with van der Waals surface area (Å²) in [4.78, 5) is 12.0. The molecule has 0 fully saturated rings. The first-order valence-electron chi connectivity index (χ1n) is 5.40. The molecule has 2 N–H and O–H groups in total. The predicted octanol–water partition coefficient (Wildman–Crippen LogP) is 1.83. The van der Waals surface area contributed by atoms with E-state index in [1.165, 1.54) is 0 Å². The van der Waals surface area contributed by atoms with E-state index in [0.29, 0.717) is 22.8 Å². The molecule has 6 heteroatoms. The Morgan fingerprint density at radius 2 is 2.29 bits per heavy atom. The van der Waals surface area contributed by atoms with Gasteiger partial charge >= 0.3 is 0 Å². The Hall–Kier alpha value is -2.11. The van der Waals surface area contributed by atoms with Crippen LogP contribution in [-0.4, -0.2) is 21.3 Å². The van der Waals surface area contributed by atoms with Crippen LogP contribution >= 0.6 is 0 Å². The highest BCUT2D eigenvalue weighted by molar-refractivity contribution is 6.05. The third kappa shape index (κ3) is 2.06. The van der Waals surface area contributed by atoms with Gasteiger partial charge in [0.15, 0.2) is 0 Å². The van der Waals surface area contributed by atoms with Crippen LogP contribution in [0, 0.1) is 13.8 Å². The topological polar surface area (TPSA) is 83.8 Å². The summed E-state index contributed by atoms with van der Waals surface area (Å²) in [7, 11) is 0. The van der Waals surface area contributed by atoms with Crippen LogP contribution in [0.1, 0.15) is 34.3 Å². The second-order valence-electron chi connectivity index (χ2n) is 3.78. The number of nitrogens with zero attached hydrogens (tertiary/aromatic N) is 2. The molecule has 0 bridgehead atoms. The minimum absolute atomic E-state index is 0.236. The summed E-state index contributed by atoms with van der Waals surface area (Å²) in [5.74, 6) is 0.898. The van der Waals surface area contributed by atoms with E-state index in [0.717, 1.165) is 12.0 Å². The molecule has 17 heavy (non-hydrogen) atoms. The second kappa shape index (κ2) is 4.40. The van der Waals surface area contributed by atoms with Crippen molar-refractivity contribution in [2.45, 2.75) is 27.2 Å². The summed E-state index contributed by atoms with van der Waals surface area (Å²) in [5, 5.41) is 13.2. The molecule has 6 nitrogen and oxygen atoms in total. The maximum atomic E-state index is 12.0. The first kappa shape index (κ1) is 11.4. The highest BCUT2D eigenvalue weighted by atomic mass is 16.5. The number of hydrogen-bond donors (Lipinski definition) is 2. The largest absolute Gasteiger partial charge is 0.361 e. The molecule has 0 aliphatic carbocycles. The van der Waals surface area contributed by atoms with E-state index in [4.69, 9.17) is 4.52 Å². The highest BCUT2D eigenvalue weighted by Crippen LogP contribution is 2.16. The number of aromatic amines is 1. The van der Waals surface area contributed by atoms with E-state index in [1.807, 2.05) is 6.92 Å². The van der Waals surface area contributed by atoms with Crippen molar-refractivity contribution in [3.8, 4) is 0 Å². The molecular formula is C11H14N4O2. The van der Waals surface area contributed by atoms with E-state index in [-0.39, 0.29) is 5.91 Å². The fourth-order valence-corrected chi connectivity index (χ4v) is 1.67. The Morgan fingerprint density at radius 1 is 1.53 bits per heavy atom. The molecule has 0 aliphatic rings. The van der Waals surface area contributed by atoms with Gasteiger partial charge in [-0.2, -0.15) is 5.10 Å². The summed E-state index contributed by atoms with van der Waals surface area (Å²) in [6.07, 6.45) is 2.50. The number of nitrogens with one attached hydrogen (secondary N) is 2. The number of amides is 1. The van der Waals surface area contributed by atoms with E-state index < -0.39 is 0 Å². The van der Waals surface area contributed by atoms with Gasteiger partial charge in [0, 0.05) is 5.56 Å². The van der Waals surface area contributed by atoms with Gasteiger partial charge in [0.1, 0.15) is 17.1 Å². The van der Waals surface area contributed by atoms with Crippen LogP contribution in [-0.2, 0) is 6.42 Å². The molecule has 0 radical (unpaired) electrons. The van der Waals surface area contributed by atoms with Crippen LogP contribution in [0.15, 0.2) is 10.7 Å². The lowest BCUT2D eigenvalue weighted by Crippen LogP contribution is -2.14. The molecule has 90 valence electrons. The fraction of sp³-hybridized carbons (Fsp3) is 0.364. The van der Waals surface area contributed by atoms with Gasteiger partial charge in [-0.15, -0.1) is 0 Å². The Kier molecular flexibility index (Phi) is 2.95. The average molecular weight is 234 g/mol. The number of hydrogen-bond acceptors (Lipinski definition) is 4. The number of aromatic nitrogens is 3. The molecule has 2 rings (SSSR count). The molecule has 0 spiro atoms. The van der Waals surface area contributed by atoms with Gasteiger partial charge in [0.25, 0.3) is 5.91 Å². The number of H-pyrrole nitrogens is 1. The zero-order chi connectivity index (χ0) is 12.4. The lowest BCUT2D eigenvalue weighted by atomic mass is 10.2. The molecule has 0 saturated carbocycles. The van der Waals surface area contributed by atoms with Crippen LogP contribution in [0.2, 0.25) is 0 Å². The van der Waals surface area contributed by atoms with Crippen LogP contribution in [0.3, 0.4) is 0 Å². The Morgan fingerprint density at radius 3 is 2.88 bits per heavy atom. The number of aryl methyl sites for hydroxylation is 3. The monoisotopic (exact) mass is 234 g/mol. The SMILES string of the molecule is CCc1cn[nH]c1NC(=O)c1c(C)noc1C. The van der Waals surface area contributed by atoms with E-state index in [1.54, 1.807) is 20.0 Å². The molecule has 0 aromatic carbocycles. The zero-order valence-corrected chi connectivity index (χ0v) is 10.00. The quantitative estimate of drug-likeness (QED) is 0.848. The number of carbonyl (C=O) groups excluding carboxylic acids is 1. The molecule has 0 atom stereocenters. The molecule has 1 amide bonds. The molecule has 0 unspecified atom stereocenters.